The molecule has 1 aliphatic rings. The molecule has 0 aromatic heterocycles. The molecule has 19 heavy (non-hydrogen) atoms. The molecule has 1 saturated heterocycles. The van der Waals surface area contributed by atoms with Gasteiger partial charge in [0.25, 0.3) is 0 Å². The van der Waals surface area contributed by atoms with Crippen molar-refractivity contribution in [1.82, 2.24) is 15.1 Å². The first-order valence-corrected chi connectivity index (χ1v) is 7.37. The maximum absolute atomic E-state index is 3.52. The first kappa shape index (κ1) is 14.5. The van der Waals surface area contributed by atoms with Gasteiger partial charge in [0.1, 0.15) is 0 Å². The SMILES string of the molecule is CC(C)NCCN1CCN(C)CC1c1ccccc1. The van der Waals surface area contributed by atoms with Gasteiger partial charge in [0.15, 0.2) is 0 Å². The van der Waals surface area contributed by atoms with Gasteiger partial charge < -0.3 is 10.2 Å². The van der Waals surface area contributed by atoms with Crippen LogP contribution in [0.5, 0.6) is 0 Å². The van der Waals surface area contributed by atoms with Crippen LogP contribution in [0.4, 0.5) is 0 Å². The Morgan fingerprint density at radius 1 is 1.21 bits per heavy atom. The van der Waals surface area contributed by atoms with E-state index in [1.54, 1.807) is 0 Å². The number of nitrogens with one attached hydrogen (secondary N) is 1. The Balaban J connectivity index is 1.98. The predicted octanol–water partition coefficient (Wildman–Crippen LogP) is 1.97. The topological polar surface area (TPSA) is 18.5 Å². The standard InChI is InChI=1S/C16H27N3/c1-14(2)17-9-10-19-12-11-18(3)13-16(19)15-7-5-4-6-8-15/h4-8,14,16-17H,9-13H2,1-3H3. The van der Waals surface area contributed by atoms with Gasteiger partial charge in [-0.2, -0.15) is 0 Å². The maximum Gasteiger partial charge on any atom is 0.0476 e. The van der Waals surface area contributed by atoms with Gasteiger partial charge >= 0.3 is 0 Å². The molecule has 0 amide bonds. The zero-order valence-electron chi connectivity index (χ0n) is 12.5. The molecule has 3 heteroatoms. The van der Waals surface area contributed by atoms with Gasteiger partial charge in [0.2, 0.25) is 0 Å². The zero-order valence-corrected chi connectivity index (χ0v) is 12.5. The lowest BCUT2D eigenvalue weighted by molar-refractivity contribution is 0.0902. The van der Waals surface area contributed by atoms with E-state index >= 15 is 0 Å². The van der Waals surface area contributed by atoms with Crippen molar-refractivity contribution >= 4 is 0 Å². The molecule has 1 aromatic rings. The first-order chi connectivity index (χ1) is 9.16. The number of piperazine rings is 1. The second-order valence-electron chi connectivity index (χ2n) is 5.83. The molecule has 1 atom stereocenters. The van der Waals surface area contributed by atoms with Crippen molar-refractivity contribution in [2.75, 3.05) is 39.8 Å². The highest BCUT2D eigenvalue weighted by molar-refractivity contribution is 5.20. The van der Waals surface area contributed by atoms with Crippen LogP contribution in [0.1, 0.15) is 25.5 Å². The van der Waals surface area contributed by atoms with Gasteiger partial charge in [-0.25, -0.2) is 0 Å². The lowest BCUT2D eigenvalue weighted by Crippen LogP contribution is -2.49. The Hall–Kier alpha value is -0.900. The Bertz CT molecular complexity index is 364. The van der Waals surface area contributed by atoms with E-state index in [-0.39, 0.29) is 0 Å². The van der Waals surface area contributed by atoms with Crippen molar-refractivity contribution in [3.8, 4) is 0 Å². The van der Waals surface area contributed by atoms with Crippen LogP contribution in [0.2, 0.25) is 0 Å². The molecule has 106 valence electrons. The molecule has 1 heterocycles. The van der Waals surface area contributed by atoms with E-state index in [1.165, 1.54) is 12.1 Å². The summed E-state index contributed by atoms with van der Waals surface area (Å²) in [4.78, 5) is 5.05. The monoisotopic (exact) mass is 261 g/mol. The van der Waals surface area contributed by atoms with Gasteiger partial charge in [-0.1, -0.05) is 44.2 Å². The third-order valence-corrected chi connectivity index (χ3v) is 3.83. The Morgan fingerprint density at radius 2 is 1.95 bits per heavy atom. The lowest BCUT2D eigenvalue weighted by Gasteiger charge is -2.40. The Kier molecular flexibility index (Phi) is 5.37. The summed E-state index contributed by atoms with van der Waals surface area (Å²) >= 11 is 0. The van der Waals surface area contributed by atoms with Crippen molar-refractivity contribution in [1.29, 1.82) is 0 Å². The van der Waals surface area contributed by atoms with Gasteiger partial charge in [-0.15, -0.1) is 0 Å². The molecular formula is C16H27N3. The number of likely N-dealkylation sites (N-methyl/N-ethyl adjacent to an activating group) is 1. The van der Waals surface area contributed by atoms with Crippen LogP contribution < -0.4 is 5.32 Å². The molecule has 1 unspecified atom stereocenters. The van der Waals surface area contributed by atoms with Crippen LogP contribution >= 0.6 is 0 Å². The Morgan fingerprint density at radius 3 is 2.63 bits per heavy atom. The van der Waals surface area contributed by atoms with Gasteiger partial charge in [-0.3, -0.25) is 4.90 Å². The van der Waals surface area contributed by atoms with E-state index in [2.05, 4.69) is 66.3 Å². The molecule has 1 aromatic carbocycles. The van der Waals surface area contributed by atoms with Crippen LogP contribution in [0.15, 0.2) is 30.3 Å². The number of nitrogens with zero attached hydrogens (tertiary/aromatic N) is 2. The number of hydrogen-bond donors (Lipinski definition) is 1. The molecule has 0 spiro atoms. The summed E-state index contributed by atoms with van der Waals surface area (Å²) in [6.45, 7) is 10.1. The smallest absolute Gasteiger partial charge is 0.0476 e. The summed E-state index contributed by atoms with van der Waals surface area (Å²) < 4.78 is 0. The molecule has 0 aliphatic carbocycles. The van der Waals surface area contributed by atoms with Gasteiger partial charge in [0.05, 0.1) is 0 Å². The molecule has 1 fully saturated rings. The number of rotatable bonds is 5. The molecular weight excluding hydrogens is 234 g/mol. The minimum absolute atomic E-state index is 0.536. The molecule has 0 bridgehead atoms. The van der Waals surface area contributed by atoms with E-state index in [9.17, 15) is 0 Å². The van der Waals surface area contributed by atoms with Crippen LogP contribution in [0.3, 0.4) is 0 Å². The molecule has 1 aliphatic heterocycles. The quantitative estimate of drug-likeness (QED) is 0.874. The van der Waals surface area contributed by atoms with Crippen molar-refractivity contribution in [3.63, 3.8) is 0 Å². The number of benzene rings is 1. The lowest BCUT2D eigenvalue weighted by atomic mass is 10.0. The van der Waals surface area contributed by atoms with E-state index in [0.717, 1.165) is 26.2 Å². The molecule has 2 rings (SSSR count). The molecule has 0 saturated carbocycles. The summed E-state index contributed by atoms with van der Waals surface area (Å²) in [5, 5.41) is 3.52. The molecule has 0 radical (unpaired) electrons. The maximum atomic E-state index is 3.52. The first-order valence-electron chi connectivity index (χ1n) is 7.37. The average Bonchev–Trinajstić information content (AvgIpc) is 2.41. The van der Waals surface area contributed by atoms with Gasteiger partial charge in [0, 0.05) is 44.8 Å². The minimum Gasteiger partial charge on any atom is -0.313 e. The van der Waals surface area contributed by atoms with E-state index in [1.807, 2.05) is 0 Å². The minimum atomic E-state index is 0.536. The number of hydrogen-bond acceptors (Lipinski definition) is 3. The van der Waals surface area contributed by atoms with Gasteiger partial charge in [-0.05, 0) is 12.6 Å². The summed E-state index contributed by atoms with van der Waals surface area (Å²) in [5.41, 5.74) is 1.44. The summed E-state index contributed by atoms with van der Waals surface area (Å²) in [6, 6.07) is 12.0. The summed E-state index contributed by atoms with van der Waals surface area (Å²) in [6.07, 6.45) is 0. The molecule has 3 nitrogen and oxygen atoms in total. The van der Waals surface area contributed by atoms with Crippen LogP contribution in [0, 0.1) is 0 Å². The third-order valence-electron chi connectivity index (χ3n) is 3.83. The highest BCUT2D eigenvalue weighted by Crippen LogP contribution is 2.24. The fraction of sp³-hybridized carbons (Fsp3) is 0.625. The normalized spacial score (nSPS) is 22.0. The third kappa shape index (κ3) is 4.30. The van der Waals surface area contributed by atoms with Crippen molar-refractivity contribution in [3.05, 3.63) is 35.9 Å². The Labute approximate surface area is 117 Å². The van der Waals surface area contributed by atoms with Crippen LogP contribution in [-0.4, -0.2) is 55.6 Å². The van der Waals surface area contributed by atoms with E-state index in [4.69, 9.17) is 0 Å². The van der Waals surface area contributed by atoms with Crippen LogP contribution in [-0.2, 0) is 0 Å². The van der Waals surface area contributed by atoms with E-state index < -0.39 is 0 Å². The summed E-state index contributed by atoms with van der Waals surface area (Å²) in [7, 11) is 2.22. The second-order valence-corrected chi connectivity index (χ2v) is 5.83. The average molecular weight is 261 g/mol. The van der Waals surface area contributed by atoms with Crippen molar-refractivity contribution in [2.24, 2.45) is 0 Å². The van der Waals surface area contributed by atoms with Crippen molar-refractivity contribution in [2.45, 2.75) is 25.9 Å². The fourth-order valence-corrected chi connectivity index (χ4v) is 2.71. The highest BCUT2D eigenvalue weighted by atomic mass is 15.3. The van der Waals surface area contributed by atoms with Crippen LogP contribution in [0.25, 0.3) is 0 Å². The zero-order chi connectivity index (χ0) is 13.7. The van der Waals surface area contributed by atoms with E-state index in [0.29, 0.717) is 12.1 Å². The summed E-state index contributed by atoms with van der Waals surface area (Å²) in [5.74, 6) is 0. The fourth-order valence-electron chi connectivity index (χ4n) is 2.71. The van der Waals surface area contributed by atoms with Crippen molar-refractivity contribution < 1.29 is 0 Å². The largest absolute Gasteiger partial charge is 0.313 e. The predicted molar refractivity (Wildman–Crippen MR) is 81.4 cm³/mol. The highest BCUT2D eigenvalue weighted by Gasteiger charge is 2.25. The molecule has 1 N–H and O–H groups in total. The second kappa shape index (κ2) is 7.04.